The Morgan fingerprint density at radius 1 is 1.17 bits per heavy atom. The fourth-order valence-corrected chi connectivity index (χ4v) is 8.97. The van der Waals surface area contributed by atoms with E-state index in [9.17, 15) is 9.59 Å². The molecule has 5 rings (SSSR count). The zero-order chi connectivity index (χ0) is 21.3. The summed E-state index contributed by atoms with van der Waals surface area (Å²) in [6.45, 7) is 8.05. The molecular weight excluding hydrogens is 376 g/mol. The quantitative estimate of drug-likeness (QED) is 0.468. The van der Waals surface area contributed by atoms with Gasteiger partial charge in [-0.3, -0.25) is 9.59 Å². The van der Waals surface area contributed by atoms with Crippen molar-refractivity contribution in [1.82, 2.24) is 0 Å². The smallest absolute Gasteiger partial charge is 0.305 e. The average Bonchev–Trinajstić information content (AvgIpc) is 3.38. The van der Waals surface area contributed by atoms with Gasteiger partial charge in [-0.05, 0) is 92.3 Å². The molecule has 30 heavy (non-hydrogen) atoms. The van der Waals surface area contributed by atoms with E-state index >= 15 is 0 Å². The number of ketones is 1. The Kier molecular flexibility index (Phi) is 4.93. The van der Waals surface area contributed by atoms with Crippen LogP contribution in [-0.2, 0) is 19.1 Å². The second-order valence-corrected chi connectivity index (χ2v) is 12.0. The molecule has 0 aromatic rings. The first kappa shape index (κ1) is 21.0. The molecule has 0 radical (unpaired) electrons. The SMILES string of the molecule is COC(=O)CC[C@@H](C)[C@H]1CC[C@H]2[C@@H]3CC[C@@H]4C[C@@]5(CC[C@]4(C)[C@H]3CC(=O)[C@]12C)CO5. The number of esters is 1. The highest BCUT2D eigenvalue weighted by atomic mass is 16.6. The predicted molar refractivity (Wildman–Crippen MR) is 115 cm³/mol. The van der Waals surface area contributed by atoms with Gasteiger partial charge in [0.25, 0.3) is 0 Å². The minimum absolute atomic E-state index is 0.127. The Balaban J connectivity index is 1.35. The van der Waals surface area contributed by atoms with Crippen LogP contribution in [0.5, 0.6) is 0 Å². The summed E-state index contributed by atoms with van der Waals surface area (Å²) in [6.07, 6.45) is 10.8. The number of Topliss-reactive ketones (excluding diaryl/α,β-unsaturated/α-hetero) is 1. The molecule has 0 amide bonds. The number of carbonyl (C=O) groups excluding carboxylic acids is 2. The Hall–Kier alpha value is -0.900. The molecule has 0 bridgehead atoms. The zero-order valence-electron chi connectivity index (χ0n) is 19.4. The molecule has 1 aliphatic heterocycles. The molecule has 0 aromatic carbocycles. The zero-order valence-corrected chi connectivity index (χ0v) is 19.4. The van der Waals surface area contributed by atoms with Gasteiger partial charge >= 0.3 is 5.97 Å². The molecule has 4 aliphatic carbocycles. The van der Waals surface area contributed by atoms with Crippen molar-refractivity contribution in [2.24, 2.45) is 46.3 Å². The van der Waals surface area contributed by atoms with Crippen molar-refractivity contribution in [2.75, 3.05) is 13.7 Å². The maximum atomic E-state index is 13.8. The summed E-state index contributed by atoms with van der Waals surface area (Å²) in [5, 5.41) is 0. The van der Waals surface area contributed by atoms with Crippen molar-refractivity contribution in [3.05, 3.63) is 0 Å². The van der Waals surface area contributed by atoms with E-state index in [0.29, 0.717) is 47.2 Å². The lowest BCUT2D eigenvalue weighted by Gasteiger charge is -2.60. The molecule has 5 fully saturated rings. The molecule has 1 heterocycles. The fourth-order valence-electron chi connectivity index (χ4n) is 8.97. The highest BCUT2D eigenvalue weighted by Crippen LogP contribution is 2.68. The number of ether oxygens (including phenoxy) is 2. The first-order valence-electron chi connectivity index (χ1n) is 12.5. The van der Waals surface area contributed by atoms with Gasteiger partial charge in [-0.15, -0.1) is 0 Å². The van der Waals surface area contributed by atoms with Crippen LogP contribution < -0.4 is 0 Å². The van der Waals surface area contributed by atoms with Gasteiger partial charge in [-0.25, -0.2) is 0 Å². The van der Waals surface area contributed by atoms with Gasteiger partial charge in [0, 0.05) is 18.3 Å². The van der Waals surface area contributed by atoms with Crippen molar-refractivity contribution in [3.8, 4) is 0 Å². The largest absolute Gasteiger partial charge is 0.469 e. The van der Waals surface area contributed by atoms with E-state index in [2.05, 4.69) is 20.8 Å². The first-order chi connectivity index (χ1) is 14.2. The molecule has 0 N–H and O–H groups in total. The van der Waals surface area contributed by atoms with Gasteiger partial charge in [0.15, 0.2) is 0 Å². The maximum Gasteiger partial charge on any atom is 0.305 e. The van der Waals surface area contributed by atoms with Crippen molar-refractivity contribution in [3.63, 3.8) is 0 Å². The van der Waals surface area contributed by atoms with Crippen LogP contribution in [0.3, 0.4) is 0 Å². The molecule has 168 valence electrons. The summed E-state index contributed by atoms with van der Waals surface area (Å²) in [6, 6.07) is 0. The van der Waals surface area contributed by atoms with Gasteiger partial charge in [-0.2, -0.15) is 0 Å². The predicted octanol–water partition coefficient (Wildman–Crippen LogP) is 5.18. The fraction of sp³-hybridized carbons (Fsp3) is 0.923. The van der Waals surface area contributed by atoms with Crippen molar-refractivity contribution >= 4 is 11.8 Å². The van der Waals surface area contributed by atoms with Crippen LogP contribution in [0, 0.1) is 46.3 Å². The second kappa shape index (κ2) is 7.05. The number of hydrogen-bond acceptors (Lipinski definition) is 4. The van der Waals surface area contributed by atoms with E-state index in [-0.39, 0.29) is 17.0 Å². The lowest BCUT2D eigenvalue weighted by atomic mass is 9.43. The third-order valence-corrected chi connectivity index (χ3v) is 11.0. The van der Waals surface area contributed by atoms with Gasteiger partial charge in [0.05, 0.1) is 19.3 Å². The topological polar surface area (TPSA) is 55.9 Å². The molecule has 4 nitrogen and oxygen atoms in total. The monoisotopic (exact) mass is 416 g/mol. The van der Waals surface area contributed by atoms with Crippen LogP contribution in [0.25, 0.3) is 0 Å². The molecule has 1 spiro atoms. The highest BCUT2D eigenvalue weighted by molar-refractivity contribution is 5.87. The molecular formula is C26H40O4. The van der Waals surface area contributed by atoms with E-state index in [4.69, 9.17) is 9.47 Å². The van der Waals surface area contributed by atoms with Crippen molar-refractivity contribution in [1.29, 1.82) is 0 Å². The number of fused-ring (bicyclic) bond motifs is 5. The van der Waals surface area contributed by atoms with Gasteiger partial charge in [-0.1, -0.05) is 20.8 Å². The third-order valence-electron chi connectivity index (χ3n) is 11.0. The summed E-state index contributed by atoms with van der Waals surface area (Å²) in [4.78, 5) is 25.5. The molecule has 0 aromatic heterocycles. The molecule has 5 aliphatic rings. The number of hydrogen-bond donors (Lipinski definition) is 0. The van der Waals surface area contributed by atoms with E-state index in [1.807, 2.05) is 0 Å². The summed E-state index contributed by atoms with van der Waals surface area (Å²) in [7, 11) is 1.46. The van der Waals surface area contributed by atoms with Crippen LogP contribution in [0.4, 0.5) is 0 Å². The van der Waals surface area contributed by atoms with Gasteiger partial charge in [0.1, 0.15) is 5.78 Å². The Labute approximate surface area is 181 Å². The standard InChI is InChI=1S/C26H40O4/c1-16(5-10-23(28)29-4)19-8-9-20-18-7-6-17-14-26(15-30-26)12-11-24(17,2)21(18)13-22(27)25(19,20)3/h16-21H,5-15H2,1-4H3/t16-,17-,18+,19-,20+,21+,24+,25-,26+/m1/s1. The number of epoxide rings is 1. The lowest BCUT2D eigenvalue weighted by Crippen LogP contribution is -2.57. The van der Waals surface area contributed by atoms with E-state index in [1.165, 1.54) is 45.6 Å². The molecule has 9 atom stereocenters. The molecule has 4 saturated carbocycles. The maximum absolute atomic E-state index is 13.8. The first-order valence-corrected chi connectivity index (χ1v) is 12.5. The van der Waals surface area contributed by atoms with Gasteiger partial charge < -0.3 is 9.47 Å². The molecule has 1 saturated heterocycles. The number of carbonyl (C=O) groups is 2. The number of methoxy groups -OCH3 is 1. The summed E-state index contributed by atoms with van der Waals surface area (Å²) < 4.78 is 10.7. The van der Waals surface area contributed by atoms with Crippen LogP contribution in [0.15, 0.2) is 0 Å². The van der Waals surface area contributed by atoms with Crippen LogP contribution in [0.1, 0.15) is 85.0 Å². The summed E-state index contributed by atoms with van der Waals surface area (Å²) in [5.41, 5.74) is 0.360. The lowest BCUT2D eigenvalue weighted by molar-refractivity contribution is -0.159. The summed E-state index contributed by atoms with van der Waals surface area (Å²) >= 11 is 0. The highest BCUT2D eigenvalue weighted by Gasteiger charge is 2.65. The van der Waals surface area contributed by atoms with Gasteiger partial charge in [0.2, 0.25) is 0 Å². The third kappa shape index (κ3) is 2.95. The number of rotatable bonds is 4. The van der Waals surface area contributed by atoms with Crippen LogP contribution >= 0.6 is 0 Å². The Morgan fingerprint density at radius 3 is 2.63 bits per heavy atom. The van der Waals surface area contributed by atoms with Crippen molar-refractivity contribution in [2.45, 2.75) is 90.6 Å². The minimum atomic E-state index is -0.185. The Bertz CT molecular complexity index is 727. The molecule has 4 heteroatoms. The van der Waals surface area contributed by atoms with E-state index in [0.717, 1.165) is 31.8 Å². The average molecular weight is 417 g/mol. The molecule has 0 unspecified atom stereocenters. The van der Waals surface area contributed by atoms with Crippen LogP contribution in [0.2, 0.25) is 0 Å². The summed E-state index contributed by atoms with van der Waals surface area (Å²) in [5.74, 6) is 3.78. The van der Waals surface area contributed by atoms with Crippen molar-refractivity contribution < 1.29 is 19.1 Å². The normalized spacial score (nSPS) is 50.4. The van der Waals surface area contributed by atoms with Crippen LogP contribution in [-0.4, -0.2) is 31.1 Å². The van der Waals surface area contributed by atoms with E-state index < -0.39 is 0 Å². The second-order valence-electron chi connectivity index (χ2n) is 12.0. The minimum Gasteiger partial charge on any atom is -0.469 e. The Morgan fingerprint density at radius 2 is 1.93 bits per heavy atom. The van der Waals surface area contributed by atoms with E-state index in [1.54, 1.807) is 0 Å².